The van der Waals surface area contributed by atoms with E-state index in [1.807, 2.05) is 43.3 Å². The molecule has 2 aromatic rings. The average Bonchev–Trinajstić information content (AvgIpc) is 2.54. The number of urea groups is 1. The summed E-state index contributed by atoms with van der Waals surface area (Å²) in [6, 6.07) is 17.4. The summed E-state index contributed by atoms with van der Waals surface area (Å²) in [6.45, 7) is 2.00. The molecule has 0 heterocycles. The van der Waals surface area contributed by atoms with Crippen LogP contribution in [0.3, 0.4) is 0 Å². The number of terminal acetylenes is 1. The van der Waals surface area contributed by atoms with Gasteiger partial charge in [-0.15, -0.1) is 6.42 Å². The molecule has 112 valence electrons. The summed E-state index contributed by atoms with van der Waals surface area (Å²) >= 11 is 0. The molecule has 3 nitrogen and oxygen atoms in total. The van der Waals surface area contributed by atoms with Gasteiger partial charge in [0.25, 0.3) is 0 Å². The maximum atomic E-state index is 12.0. The van der Waals surface area contributed by atoms with E-state index in [0.717, 1.165) is 18.4 Å². The van der Waals surface area contributed by atoms with Gasteiger partial charge in [0.15, 0.2) is 0 Å². The Kier molecular flexibility index (Phi) is 5.62. The van der Waals surface area contributed by atoms with Gasteiger partial charge in [-0.1, -0.05) is 42.3 Å². The van der Waals surface area contributed by atoms with E-state index in [1.54, 1.807) is 6.07 Å². The fraction of sp³-hybridized carbons (Fsp3) is 0.211. The third-order valence-corrected chi connectivity index (χ3v) is 3.37. The fourth-order valence-electron chi connectivity index (χ4n) is 2.18. The van der Waals surface area contributed by atoms with Gasteiger partial charge >= 0.3 is 6.03 Å². The number of hydrogen-bond donors (Lipinski definition) is 2. The van der Waals surface area contributed by atoms with Crippen molar-refractivity contribution < 1.29 is 4.79 Å². The highest BCUT2D eigenvalue weighted by Crippen LogP contribution is 2.10. The molecule has 0 saturated heterocycles. The predicted molar refractivity (Wildman–Crippen MR) is 90.8 cm³/mol. The van der Waals surface area contributed by atoms with Crippen molar-refractivity contribution in [2.45, 2.75) is 25.8 Å². The van der Waals surface area contributed by atoms with Gasteiger partial charge in [0.05, 0.1) is 0 Å². The Morgan fingerprint density at radius 2 is 1.95 bits per heavy atom. The van der Waals surface area contributed by atoms with E-state index in [4.69, 9.17) is 6.42 Å². The van der Waals surface area contributed by atoms with Crippen LogP contribution in [0.5, 0.6) is 0 Å². The Balaban J connectivity index is 1.80. The second-order valence-electron chi connectivity index (χ2n) is 5.25. The summed E-state index contributed by atoms with van der Waals surface area (Å²) in [5, 5.41) is 5.73. The summed E-state index contributed by atoms with van der Waals surface area (Å²) in [5.74, 6) is 2.55. The van der Waals surface area contributed by atoms with Crippen LogP contribution >= 0.6 is 0 Å². The Hall–Kier alpha value is -2.73. The number of amides is 2. The standard InChI is InChI=1S/C19H20N2O/c1-3-16-10-7-11-18(14-16)21-19(22)20-15(2)12-13-17-8-5-4-6-9-17/h1,4-11,14-15H,12-13H2,2H3,(H2,20,21,22). The molecule has 0 aliphatic carbocycles. The molecular formula is C19H20N2O. The molecule has 22 heavy (non-hydrogen) atoms. The molecule has 0 spiro atoms. The van der Waals surface area contributed by atoms with E-state index in [9.17, 15) is 4.79 Å². The first-order chi connectivity index (χ1) is 10.7. The van der Waals surface area contributed by atoms with Crippen LogP contribution < -0.4 is 10.6 Å². The molecule has 1 atom stereocenters. The van der Waals surface area contributed by atoms with E-state index >= 15 is 0 Å². The number of carbonyl (C=O) groups excluding carboxylic acids is 1. The van der Waals surface area contributed by atoms with E-state index in [0.29, 0.717) is 5.69 Å². The Morgan fingerprint density at radius 3 is 2.68 bits per heavy atom. The largest absolute Gasteiger partial charge is 0.335 e. The summed E-state index contributed by atoms with van der Waals surface area (Å²) in [7, 11) is 0. The van der Waals surface area contributed by atoms with Crippen molar-refractivity contribution in [3.63, 3.8) is 0 Å². The monoisotopic (exact) mass is 292 g/mol. The zero-order chi connectivity index (χ0) is 15.8. The number of rotatable bonds is 5. The predicted octanol–water partition coefficient (Wildman–Crippen LogP) is 3.81. The molecule has 0 fully saturated rings. The molecular weight excluding hydrogens is 272 g/mol. The molecule has 2 aromatic carbocycles. The van der Waals surface area contributed by atoms with Crippen LogP contribution in [0, 0.1) is 12.3 Å². The van der Waals surface area contributed by atoms with Crippen molar-refractivity contribution in [2.75, 3.05) is 5.32 Å². The first-order valence-electron chi connectivity index (χ1n) is 7.35. The molecule has 0 saturated carbocycles. The minimum atomic E-state index is -0.213. The van der Waals surface area contributed by atoms with Crippen LogP contribution in [0.1, 0.15) is 24.5 Å². The van der Waals surface area contributed by atoms with Gasteiger partial charge in [0.1, 0.15) is 0 Å². The van der Waals surface area contributed by atoms with Gasteiger partial charge in [0, 0.05) is 17.3 Å². The highest BCUT2D eigenvalue weighted by molar-refractivity contribution is 5.89. The third-order valence-electron chi connectivity index (χ3n) is 3.37. The van der Waals surface area contributed by atoms with Crippen LogP contribution in [0.2, 0.25) is 0 Å². The number of nitrogens with one attached hydrogen (secondary N) is 2. The molecule has 0 aliphatic rings. The van der Waals surface area contributed by atoms with Gasteiger partial charge in [-0.3, -0.25) is 0 Å². The fourth-order valence-corrected chi connectivity index (χ4v) is 2.18. The van der Waals surface area contributed by atoms with Crippen LogP contribution in [0.15, 0.2) is 54.6 Å². The SMILES string of the molecule is C#Cc1cccc(NC(=O)NC(C)CCc2ccccc2)c1. The number of benzene rings is 2. The van der Waals surface area contributed by atoms with E-state index in [2.05, 4.69) is 28.7 Å². The van der Waals surface area contributed by atoms with Gasteiger partial charge in [-0.25, -0.2) is 4.79 Å². The normalized spacial score (nSPS) is 11.3. The minimum absolute atomic E-state index is 0.0935. The van der Waals surface area contributed by atoms with Gasteiger partial charge in [0.2, 0.25) is 0 Å². The molecule has 0 aliphatic heterocycles. The van der Waals surface area contributed by atoms with Crippen molar-refractivity contribution >= 4 is 11.7 Å². The molecule has 0 radical (unpaired) electrons. The smallest absolute Gasteiger partial charge is 0.319 e. The number of hydrogen-bond acceptors (Lipinski definition) is 1. The Bertz CT molecular complexity index is 659. The van der Waals surface area contributed by atoms with Crippen LogP contribution in [-0.4, -0.2) is 12.1 Å². The van der Waals surface area contributed by atoms with E-state index in [-0.39, 0.29) is 12.1 Å². The quantitative estimate of drug-likeness (QED) is 0.808. The molecule has 0 aromatic heterocycles. The topological polar surface area (TPSA) is 41.1 Å². The van der Waals surface area contributed by atoms with Crippen LogP contribution in [0.25, 0.3) is 0 Å². The van der Waals surface area contributed by atoms with Crippen molar-refractivity contribution in [3.8, 4) is 12.3 Å². The summed E-state index contributed by atoms with van der Waals surface area (Å²) in [6.07, 6.45) is 7.18. The lowest BCUT2D eigenvalue weighted by atomic mass is 10.1. The maximum absolute atomic E-state index is 12.0. The summed E-state index contributed by atoms with van der Waals surface area (Å²) in [4.78, 5) is 12.0. The second-order valence-corrected chi connectivity index (χ2v) is 5.25. The zero-order valence-electron chi connectivity index (χ0n) is 12.7. The molecule has 2 amide bonds. The third kappa shape index (κ3) is 4.99. The lowest BCUT2D eigenvalue weighted by Crippen LogP contribution is -2.36. The van der Waals surface area contributed by atoms with Crippen LogP contribution in [-0.2, 0) is 6.42 Å². The second kappa shape index (κ2) is 7.90. The first kappa shape index (κ1) is 15.7. The van der Waals surface area contributed by atoms with Crippen molar-refractivity contribution in [3.05, 3.63) is 65.7 Å². The van der Waals surface area contributed by atoms with Crippen molar-refractivity contribution in [2.24, 2.45) is 0 Å². The molecule has 2 rings (SSSR count). The molecule has 1 unspecified atom stereocenters. The van der Waals surface area contributed by atoms with E-state index in [1.165, 1.54) is 5.56 Å². The number of anilines is 1. The lowest BCUT2D eigenvalue weighted by molar-refractivity contribution is 0.248. The maximum Gasteiger partial charge on any atom is 0.319 e. The van der Waals surface area contributed by atoms with Gasteiger partial charge < -0.3 is 10.6 Å². The van der Waals surface area contributed by atoms with E-state index < -0.39 is 0 Å². The minimum Gasteiger partial charge on any atom is -0.335 e. The van der Waals surface area contributed by atoms with Gasteiger partial charge in [-0.2, -0.15) is 0 Å². The summed E-state index contributed by atoms with van der Waals surface area (Å²) < 4.78 is 0. The highest BCUT2D eigenvalue weighted by atomic mass is 16.2. The number of carbonyl (C=O) groups is 1. The number of aryl methyl sites for hydroxylation is 1. The Labute approximate surface area is 131 Å². The first-order valence-corrected chi connectivity index (χ1v) is 7.35. The van der Waals surface area contributed by atoms with Crippen molar-refractivity contribution in [1.29, 1.82) is 0 Å². The van der Waals surface area contributed by atoms with Gasteiger partial charge in [-0.05, 0) is 43.5 Å². The Morgan fingerprint density at radius 1 is 1.18 bits per heavy atom. The molecule has 3 heteroatoms. The lowest BCUT2D eigenvalue weighted by Gasteiger charge is -2.15. The summed E-state index contributed by atoms with van der Waals surface area (Å²) in [5.41, 5.74) is 2.72. The van der Waals surface area contributed by atoms with Crippen molar-refractivity contribution in [1.82, 2.24) is 5.32 Å². The zero-order valence-corrected chi connectivity index (χ0v) is 12.7. The highest BCUT2D eigenvalue weighted by Gasteiger charge is 2.07. The average molecular weight is 292 g/mol. The molecule has 0 bridgehead atoms. The molecule has 2 N–H and O–H groups in total. The van der Waals surface area contributed by atoms with Crippen LogP contribution in [0.4, 0.5) is 10.5 Å².